The highest BCUT2D eigenvalue weighted by atomic mass is 32.2. The summed E-state index contributed by atoms with van der Waals surface area (Å²) >= 11 is 0. The molecule has 1 saturated heterocycles. The molecule has 8 nitrogen and oxygen atoms in total. The van der Waals surface area contributed by atoms with Gasteiger partial charge in [0, 0.05) is 32.4 Å². The molecule has 0 spiro atoms. The monoisotopic (exact) mass is 382 g/mol. The molecule has 26 heavy (non-hydrogen) atoms. The van der Waals surface area contributed by atoms with E-state index in [1.807, 2.05) is 0 Å². The lowest BCUT2D eigenvalue weighted by Crippen LogP contribution is -2.47. The van der Waals surface area contributed by atoms with E-state index in [-0.39, 0.29) is 37.0 Å². The fourth-order valence-corrected chi connectivity index (χ4v) is 4.59. The van der Waals surface area contributed by atoms with Gasteiger partial charge in [-0.1, -0.05) is 0 Å². The smallest absolute Gasteiger partial charge is 0.362 e. The maximum Gasteiger partial charge on any atom is 0.362 e. The number of rotatable bonds is 5. The van der Waals surface area contributed by atoms with Crippen molar-refractivity contribution in [3.63, 3.8) is 0 Å². The molecule has 1 aromatic carbocycles. The summed E-state index contributed by atoms with van der Waals surface area (Å²) in [6, 6.07) is 4.58. The Morgan fingerprint density at radius 1 is 1.19 bits per heavy atom. The number of benzene rings is 1. The van der Waals surface area contributed by atoms with E-state index in [4.69, 9.17) is 4.74 Å². The van der Waals surface area contributed by atoms with Crippen LogP contribution in [0.4, 0.5) is 5.69 Å². The van der Waals surface area contributed by atoms with Gasteiger partial charge in [0.15, 0.2) is 5.78 Å². The van der Waals surface area contributed by atoms with Crippen LogP contribution in [0.15, 0.2) is 18.2 Å². The molecular formula is C17H22N2O6S. The first kappa shape index (κ1) is 18.7. The van der Waals surface area contributed by atoms with Crippen LogP contribution in [0.5, 0.6) is 5.75 Å². The third-order valence-corrected chi connectivity index (χ3v) is 6.44. The lowest BCUT2D eigenvalue weighted by molar-refractivity contribution is -0.143. The van der Waals surface area contributed by atoms with Crippen molar-refractivity contribution < 1.29 is 26.9 Å². The van der Waals surface area contributed by atoms with E-state index >= 15 is 0 Å². The zero-order valence-corrected chi connectivity index (χ0v) is 15.8. The molecule has 2 aliphatic rings. The van der Waals surface area contributed by atoms with Crippen LogP contribution < -0.4 is 9.04 Å². The standard InChI is InChI=1S/C17H22N2O6S/c1-18-15(16(20)6-7-17(18)21)8-11-10-19(26(22,23)25-3)14-5-4-12(24-2)9-13(11)14/h4-5,9,11,15H,6-8,10H2,1-3H3. The van der Waals surface area contributed by atoms with E-state index < -0.39 is 16.3 Å². The summed E-state index contributed by atoms with van der Waals surface area (Å²) < 4.78 is 35.7. The zero-order chi connectivity index (χ0) is 19.1. The summed E-state index contributed by atoms with van der Waals surface area (Å²) in [5.41, 5.74) is 1.28. The van der Waals surface area contributed by atoms with E-state index in [2.05, 4.69) is 4.18 Å². The van der Waals surface area contributed by atoms with E-state index in [9.17, 15) is 18.0 Å². The number of ketones is 1. The summed E-state index contributed by atoms with van der Waals surface area (Å²) in [6.07, 6.45) is 0.813. The van der Waals surface area contributed by atoms with Crippen molar-refractivity contribution in [2.24, 2.45) is 0 Å². The first-order valence-electron chi connectivity index (χ1n) is 8.33. The maximum absolute atomic E-state index is 12.3. The number of piperidine rings is 1. The van der Waals surface area contributed by atoms with Crippen molar-refractivity contribution in [3.8, 4) is 5.75 Å². The number of anilines is 1. The van der Waals surface area contributed by atoms with Crippen molar-refractivity contribution in [2.45, 2.75) is 31.2 Å². The van der Waals surface area contributed by atoms with Gasteiger partial charge in [0.1, 0.15) is 5.75 Å². The minimum atomic E-state index is -3.92. The summed E-state index contributed by atoms with van der Waals surface area (Å²) in [6.45, 7) is 0.157. The Labute approximate surface area is 152 Å². The van der Waals surface area contributed by atoms with Crippen molar-refractivity contribution in [3.05, 3.63) is 23.8 Å². The van der Waals surface area contributed by atoms with E-state index in [0.29, 0.717) is 17.9 Å². The van der Waals surface area contributed by atoms with Crippen molar-refractivity contribution in [2.75, 3.05) is 32.1 Å². The Morgan fingerprint density at radius 2 is 1.92 bits per heavy atom. The highest BCUT2D eigenvalue weighted by Gasteiger charge is 2.40. The van der Waals surface area contributed by atoms with Gasteiger partial charge < -0.3 is 9.64 Å². The molecular weight excluding hydrogens is 360 g/mol. The number of Topliss-reactive ketones (excluding diaryl/α,β-unsaturated/α-hetero) is 1. The first-order valence-corrected chi connectivity index (χ1v) is 9.69. The Balaban J connectivity index is 1.96. The Hall–Kier alpha value is -2.13. The van der Waals surface area contributed by atoms with Crippen LogP contribution in [0.1, 0.15) is 30.7 Å². The third-order valence-electron chi connectivity index (χ3n) is 5.14. The van der Waals surface area contributed by atoms with Gasteiger partial charge in [-0.3, -0.25) is 13.8 Å². The molecule has 142 valence electrons. The largest absolute Gasteiger partial charge is 0.497 e. The number of fused-ring (bicyclic) bond motifs is 1. The Kier molecular flexibility index (Phi) is 4.94. The molecule has 0 aromatic heterocycles. The Bertz CT molecular complexity index is 838. The SMILES string of the molecule is COc1ccc2c(c1)C(CC1C(=O)CCC(=O)N1C)CN2S(=O)(=O)OC. The van der Waals surface area contributed by atoms with Crippen LogP contribution >= 0.6 is 0 Å². The third kappa shape index (κ3) is 3.16. The van der Waals surface area contributed by atoms with Gasteiger partial charge in [0.2, 0.25) is 5.91 Å². The van der Waals surface area contributed by atoms with E-state index in [1.165, 1.54) is 16.3 Å². The van der Waals surface area contributed by atoms with Crippen LogP contribution in [0.3, 0.4) is 0 Å². The molecule has 1 fully saturated rings. The van der Waals surface area contributed by atoms with Crippen LogP contribution in [0.2, 0.25) is 0 Å². The normalized spacial score (nSPS) is 23.3. The van der Waals surface area contributed by atoms with Crippen LogP contribution in [-0.2, 0) is 24.1 Å². The number of carbonyl (C=O) groups is 2. The number of nitrogens with zero attached hydrogens (tertiary/aromatic N) is 2. The quantitative estimate of drug-likeness (QED) is 0.756. The fraction of sp³-hybridized carbons (Fsp3) is 0.529. The van der Waals surface area contributed by atoms with Gasteiger partial charge in [-0.05, 0) is 30.2 Å². The number of likely N-dealkylation sites (tertiary alicyclic amines) is 1. The predicted octanol–water partition coefficient (Wildman–Crippen LogP) is 1.07. The van der Waals surface area contributed by atoms with Crippen molar-refractivity contribution in [1.29, 1.82) is 0 Å². The molecule has 0 aliphatic carbocycles. The number of amides is 1. The molecule has 0 bridgehead atoms. The molecule has 1 aromatic rings. The van der Waals surface area contributed by atoms with Crippen molar-refractivity contribution >= 4 is 27.7 Å². The molecule has 3 rings (SSSR count). The predicted molar refractivity (Wildman–Crippen MR) is 94.4 cm³/mol. The van der Waals surface area contributed by atoms with Gasteiger partial charge in [-0.15, -0.1) is 0 Å². The minimum absolute atomic E-state index is 0.00425. The fourth-order valence-electron chi connectivity index (χ4n) is 3.64. The molecule has 0 saturated carbocycles. The molecule has 1 amide bonds. The average Bonchev–Trinajstić information content (AvgIpc) is 3.00. The first-order chi connectivity index (χ1) is 12.3. The second-order valence-corrected chi connectivity index (χ2v) is 8.13. The molecule has 2 unspecified atom stereocenters. The van der Waals surface area contributed by atoms with Crippen LogP contribution in [-0.4, -0.2) is 58.9 Å². The number of methoxy groups -OCH3 is 1. The molecule has 2 aliphatic heterocycles. The lowest BCUT2D eigenvalue weighted by Gasteiger charge is -2.33. The molecule has 2 heterocycles. The lowest BCUT2D eigenvalue weighted by atomic mass is 9.88. The summed E-state index contributed by atoms with van der Waals surface area (Å²) in [4.78, 5) is 25.8. The molecule has 9 heteroatoms. The number of carbonyl (C=O) groups excluding carboxylic acids is 2. The van der Waals surface area contributed by atoms with Gasteiger partial charge in [0.05, 0.1) is 25.9 Å². The summed E-state index contributed by atoms with van der Waals surface area (Å²) in [7, 11) is 0.353. The van der Waals surface area contributed by atoms with Gasteiger partial charge in [-0.2, -0.15) is 8.42 Å². The van der Waals surface area contributed by atoms with Gasteiger partial charge >= 0.3 is 10.3 Å². The summed E-state index contributed by atoms with van der Waals surface area (Å²) in [5, 5.41) is 0. The highest BCUT2D eigenvalue weighted by Crippen LogP contribution is 2.43. The van der Waals surface area contributed by atoms with Crippen LogP contribution in [0.25, 0.3) is 0 Å². The van der Waals surface area contributed by atoms with Gasteiger partial charge in [0.25, 0.3) is 0 Å². The Morgan fingerprint density at radius 3 is 2.58 bits per heavy atom. The second-order valence-electron chi connectivity index (χ2n) is 6.50. The highest BCUT2D eigenvalue weighted by molar-refractivity contribution is 7.88. The average molecular weight is 382 g/mol. The van der Waals surface area contributed by atoms with E-state index in [1.54, 1.807) is 25.2 Å². The van der Waals surface area contributed by atoms with Crippen molar-refractivity contribution in [1.82, 2.24) is 4.90 Å². The van der Waals surface area contributed by atoms with Gasteiger partial charge in [-0.25, -0.2) is 4.31 Å². The zero-order valence-electron chi connectivity index (χ0n) is 15.0. The second kappa shape index (κ2) is 6.88. The minimum Gasteiger partial charge on any atom is -0.497 e. The number of hydrogen-bond donors (Lipinski definition) is 0. The molecule has 0 radical (unpaired) electrons. The number of hydrogen-bond acceptors (Lipinski definition) is 6. The molecule has 0 N–H and O–H groups in total. The van der Waals surface area contributed by atoms with E-state index in [0.717, 1.165) is 12.7 Å². The number of likely N-dealkylation sites (N-methyl/N-ethyl adjacent to an activating group) is 1. The maximum atomic E-state index is 12.3. The summed E-state index contributed by atoms with van der Waals surface area (Å²) in [5.74, 6) is 0.293. The topological polar surface area (TPSA) is 93.2 Å². The van der Waals surface area contributed by atoms with Crippen LogP contribution in [0, 0.1) is 0 Å². The number of ether oxygens (including phenoxy) is 1. The molecule has 2 atom stereocenters.